The van der Waals surface area contributed by atoms with Gasteiger partial charge in [0.05, 0.1) is 45.6 Å². The molecule has 0 unspecified atom stereocenters. The molecule has 0 radical (unpaired) electrons. The second-order valence-electron chi connectivity index (χ2n) is 7.65. The van der Waals surface area contributed by atoms with Crippen molar-refractivity contribution >= 4 is 73.5 Å². The van der Waals surface area contributed by atoms with E-state index in [2.05, 4.69) is 10.0 Å². The zero-order valence-electron chi connectivity index (χ0n) is 19.0. The van der Waals surface area contributed by atoms with Crippen LogP contribution in [0.15, 0.2) is 40.6 Å². The topological polar surface area (TPSA) is 129 Å². The fourth-order valence-electron chi connectivity index (χ4n) is 4.00. The van der Waals surface area contributed by atoms with Crippen molar-refractivity contribution in [3.05, 3.63) is 68.6 Å². The summed E-state index contributed by atoms with van der Waals surface area (Å²) in [5.74, 6) is -0.925. The van der Waals surface area contributed by atoms with Crippen LogP contribution in [0.5, 0.6) is 5.75 Å². The maximum atomic E-state index is 13.2. The Bertz CT molecular complexity index is 1610. The van der Waals surface area contributed by atoms with Gasteiger partial charge in [0.25, 0.3) is 21.8 Å². The molecule has 0 spiro atoms. The van der Waals surface area contributed by atoms with Crippen LogP contribution in [0.2, 0.25) is 4.34 Å². The number of nitrogens with zero attached hydrogens (tertiary/aromatic N) is 2. The lowest BCUT2D eigenvalue weighted by molar-refractivity contribution is 0.0925. The molecule has 184 valence electrons. The number of fused-ring (bicyclic) bond motifs is 1. The van der Waals surface area contributed by atoms with E-state index in [0.717, 1.165) is 16.2 Å². The molecule has 0 fully saturated rings. The Morgan fingerprint density at radius 1 is 1.19 bits per heavy atom. The minimum absolute atomic E-state index is 0.00585. The summed E-state index contributed by atoms with van der Waals surface area (Å²) in [5.41, 5.74) is 1.87. The van der Waals surface area contributed by atoms with Crippen molar-refractivity contribution in [1.29, 1.82) is 5.26 Å². The number of thiocarbonyl (C=S) groups is 1. The molecular weight excluding hydrogens is 544 g/mol. The Hall–Kier alpha value is -3.50. The average Bonchev–Trinajstić information content (AvgIpc) is 3.36. The highest BCUT2D eigenvalue weighted by Gasteiger charge is 2.40. The highest BCUT2D eigenvalue weighted by Crippen LogP contribution is 2.42. The summed E-state index contributed by atoms with van der Waals surface area (Å²) in [7, 11) is -2.56. The predicted octanol–water partition coefficient (Wildman–Crippen LogP) is 4.37. The van der Waals surface area contributed by atoms with Gasteiger partial charge in [0.2, 0.25) is 0 Å². The molecule has 0 atom stereocenters. The van der Waals surface area contributed by atoms with Gasteiger partial charge in [-0.05, 0) is 62.0 Å². The van der Waals surface area contributed by atoms with Crippen molar-refractivity contribution in [2.75, 3.05) is 17.3 Å². The molecule has 2 amide bonds. The number of methoxy groups -OCH3 is 1. The molecule has 0 bridgehead atoms. The number of hydrogen-bond acceptors (Lipinski definition) is 8. The lowest BCUT2D eigenvalue weighted by atomic mass is 10.0. The third-order valence-electron chi connectivity index (χ3n) is 5.43. The zero-order valence-corrected chi connectivity index (χ0v) is 22.2. The standard InChI is InChI=1S/C23H17ClN4O5S3/c1-11-9-15(26-23(34)27-36(31,32)17-8-7-16(24)35-17)20(33-3)12(2)19(11)28-21(29)14-6-4-5-13(10-25)18(14)22(28)30/h4-9H,1-3H3,(H2,26,27,34). The highest BCUT2D eigenvalue weighted by molar-refractivity contribution is 7.93. The number of rotatable bonds is 5. The van der Waals surface area contributed by atoms with Crippen LogP contribution in [0.25, 0.3) is 0 Å². The van der Waals surface area contributed by atoms with Crippen molar-refractivity contribution < 1.29 is 22.7 Å². The maximum absolute atomic E-state index is 13.2. The number of ether oxygens (including phenoxy) is 1. The molecule has 4 rings (SSSR count). The summed E-state index contributed by atoms with van der Waals surface area (Å²) in [4.78, 5) is 27.4. The first-order valence-corrected chi connectivity index (χ1v) is 13.3. The van der Waals surface area contributed by atoms with Gasteiger partial charge in [-0.2, -0.15) is 5.26 Å². The third kappa shape index (κ3) is 4.31. The first-order chi connectivity index (χ1) is 17.0. The van der Waals surface area contributed by atoms with Crippen LogP contribution in [0.3, 0.4) is 0 Å². The quantitative estimate of drug-likeness (QED) is 0.347. The van der Waals surface area contributed by atoms with Crippen molar-refractivity contribution in [3.63, 3.8) is 0 Å². The molecule has 13 heteroatoms. The zero-order chi connectivity index (χ0) is 26.4. The third-order valence-corrected chi connectivity index (χ3v) is 8.83. The predicted molar refractivity (Wildman–Crippen MR) is 141 cm³/mol. The van der Waals surface area contributed by atoms with E-state index >= 15 is 0 Å². The molecule has 2 N–H and O–H groups in total. The van der Waals surface area contributed by atoms with Crippen molar-refractivity contribution in [1.82, 2.24) is 4.72 Å². The van der Waals surface area contributed by atoms with Crippen LogP contribution in [0.1, 0.15) is 37.4 Å². The number of carbonyl (C=O) groups is 2. The second-order valence-corrected chi connectivity index (χ2v) is 11.7. The number of nitrogens with one attached hydrogen (secondary N) is 2. The lowest BCUT2D eigenvalue weighted by Gasteiger charge is -2.23. The summed E-state index contributed by atoms with van der Waals surface area (Å²) in [6.45, 7) is 3.34. The van der Waals surface area contributed by atoms with E-state index in [1.165, 1.54) is 31.4 Å². The smallest absolute Gasteiger partial charge is 0.273 e. The number of benzene rings is 2. The monoisotopic (exact) mass is 560 g/mol. The van der Waals surface area contributed by atoms with E-state index in [4.69, 9.17) is 28.6 Å². The molecular formula is C23H17ClN4O5S3. The summed E-state index contributed by atoms with van der Waals surface area (Å²) in [6, 6.07) is 10.9. The van der Waals surface area contributed by atoms with Crippen LogP contribution >= 0.6 is 35.2 Å². The minimum Gasteiger partial charge on any atom is -0.494 e. The van der Waals surface area contributed by atoms with E-state index < -0.39 is 21.8 Å². The number of halogens is 1. The van der Waals surface area contributed by atoms with Crippen LogP contribution in [0, 0.1) is 25.2 Å². The summed E-state index contributed by atoms with van der Waals surface area (Å²) < 4.78 is 33.3. The Morgan fingerprint density at radius 2 is 1.92 bits per heavy atom. The summed E-state index contributed by atoms with van der Waals surface area (Å²) in [6.07, 6.45) is 0. The highest BCUT2D eigenvalue weighted by atomic mass is 35.5. The van der Waals surface area contributed by atoms with Gasteiger partial charge >= 0.3 is 0 Å². The fraction of sp³-hybridized carbons (Fsp3) is 0.130. The Kier molecular flexibility index (Phi) is 6.76. The number of anilines is 2. The van der Waals surface area contributed by atoms with Gasteiger partial charge in [-0.1, -0.05) is 17.7 Å². The van der Waals surface area contributed by atoms with Gasteiger partial charge in [0.15, 0.2) is 5.11 Å². The number of amides is 2. The van der Waals surface area contributed by atoms with E-state index in [-0.39, 0.29) is 31.8 Å². The molecule has 2 aromatic carbocycles. The molecule has 3 aromatic rings. The van der Waals surface area contributed by atoms with Crippen molar-refractivity contribution in [3.8, 4) is 11.8 Å². The largest absolute Gasteiger partial charge is 0.494 e. The number of nitriles is 1. The molecule has 0 aliphatic carbocycles. The van der Waals surface area contributed by atoms with E-state index in [1.54, 1.807) is 26.0 Å². The van der Waals surface area contributed by atoms with E-state index in [1.807, 2.05) is 6.07 Å². The number of thiophene rings is 1. The molecule has 9 nitrogen and oxygen atoms in total. The SMILES string of the molecule is COc1c(NC(=S)NS(=O)(=O)c2ccc(Cl)s2)cc(C)c(N2C(=O)c3cccc(C#N)c3C2=O)c1C. The number of imide groups is 1. The van der Waals surface area contributed by atoms with Gasteiger partial charge < -0.3 is 10.1 Å². The molecule has 0 saturated carbocycles. The van der Waals surface area contributed by atoms with E-state index in [0.29, 0.717) is 26.8 Å². The van der Waals surface area contributed by atoms with Gasteiger partial charge in [-0.25, -0.2) is 13.3 Å². The number of aryl methyl sites for hydroxylation is 1. The first-order valence-electron chi connectivity index (χ1n) is 10.2. The molecule has 2 heterocycles. The first kappa shape index (κ1) is 25.6. The summed E-state index contributed by atoms with van der Waals surface area (Å²) >= 11 is 11.9. The van der Waals surface area contributed by atoms with Gasteiger partial charge in [0, 0.05) is 5.56 Å². The molecule has 1 aliphatic rings. The average molecular weight is 561 g/mol. The number of sulfonamides is 1. The van der Waals surface area contributed by atoms with Crippen molar-refractivity contribution in [2.45, 2.75) is 18.1 Å². The second kappa shape index (κ2) is 9.51. The fourth-order valence-corrected chi connectivity index (χ4v) is 6.83. The van der Waals surface area contributed by atoms with E-state index in [9.17, 15) is 23.3 Å². The van der Waals surface area contributed by atoms with Gasteiger partial charge in [-0.15, -0.1) is 11.3 Å². The Labute approximate surface area is 221 Å². The van der Waals surface area contributed by atoms with Gasteiger partial charge in [-0.3, -0.25) is 14.3 Å². The van der Waals surface area contributed by atoms with Crippen LogP contribution in [-0.2, 0) is 10.0 Å². The van der Waals surface area contributed by atoms with Crippen molar-refractivity contribution in [2.24, 2.45) is 0 Å². The van der Waals surface area contributed by atoms with Crippen LogP contribution in [0.4, 0.5) is 11.4 Å². The molecule has 0 saturated heterocycles. The molecule has 1 aliphatic heterocycles. The van der Waals surface area contributed by atoms with Gasteiger partial charge in [0.1, 0.15) is 9.96 Å². The maximum Gasteiger partial charge on any atom is 0.273 e. The lowest BCUT2D eigenvalue weighted by Crippen LogP contribution is -2.34. The van der Waals surface area contributed by atoms with Crippen LogP contribution in [-0.4, -0.2) is 32.5 Å². The summed E-state index contributed by atoms with van der Waals surface area (Å²) in [5, 5.41) is 12.0. The Balaban J connectivity index is 1.69. The number of carbonyl (C=O) groups excluding carboxylic acids is 2. The Morgan fingerprint density at radius 3 is 2.53 bits per heavy atom. The molecule has 36 heavy (non-hydrogen) atoms. The molecule has 1 aromatic heterocycles. The number of hydrogen-bond donors (Lipinski definition) is 2. The minimum atomic E-state index is -3.96. The normalized spacial score (nSPS) is 12.8. The van der Waals surface area contributed by atoms with Crippen LogP contribution < -0.4 is 19.7 Å².